The first-order valence-corrected chi connectivity index (χ1v) is 6.09. The highest BCUT2D eigenvalue weighted by Gasteiger charge is 2.29. The molecule has 0 aromatic rings. The van der Waals surface area contributed by atoms with Crippen molar-refractivity contribution in [2.45, 2.75) is 64.6 Å². The summed E-state index contributed by atoms with van der Waals surface area (Å²) in [6.07, 6.45) is 1.41. The molecule has 88 valence electrons. The minimum absolute atomic E-state index is 0.0403. The second-order valence-corrected chi connectivity index (χ2v) is 6.02. The van der Waals surface area contributed by atoms with Crippen molar-refractivity contribution in [1.29, 1.82) is 0 Å². The highest BCUT2D eigenvalue weighted by Crippen LogP contribution is 2.30. The van der Waals surface area contributed by atoms with Gasteiger partial charge in [-0.05, 0) is 25.6 Å². The minimum atomic E-state index is -0.0403. The molecular formula is C11H27B2NO. The van der Waals surface area contributed by atoms with E-state index in [1.807, 2.05) is 0 Å². The van der Waals surface area contributed by atoms with E-state index in [0.29, 0.717) is 6.10 Å². The Hall–Kier alpha value is 0.0499. The fourth-order valence-corrected chi connectivity index (χ4v) is 1.88. The van der Waals surface area contributed by atoms with Crippen LogP contribution in [0.25, 0.3) is 0 Å². The second-order valence-electron chi connectivity index (χ2n) is 6.02. The lowest BCUT2D eigenvalue weighted by molar-refractivity contribution is 0.0720. The Labute approximate surface area is 96.8 Å². The smallest absolute Gasteiger partial charge is 0.141 e. The molecule has 0 spiro atoms. The van der Waals surface area contributed by atoms with Gasteiger partial charge in [0, 0.05) is 6.61 Å². The molecule has 2 nitrogen and oxygen atoms in total. The van der Waals surface area contributed by atoms with Gasteiger partial charge in [-0.1, -0.05) is 32.9 Å². The Kier molecular flexibility index (Phi) is 5.97. The van der Waals surface area contributed by atoms with E-state index < -0.39 is 0 Å². The van der Waals surface area contributed by atoms with E-state index in [4.69, 9.17) is 10.5 Å². The Balaban J connectivity index is 3.96. The second kappa shape index (κ2) is 5.95. The third-order valence-corrected chi connectivity index (χ3v) is 2.92. The minimum Gasteiger partial charge on any atom is -0.379 e. The van der Waals surface area contributed by atoms with E-state index in [-0.39, 0.29) is 10.7 Å². The van der Waals surface area contributed by atoms with Crippen LogP contribution in [0.15, 0.2) is 0 Å². The van der Waals surface area contributed by atoms with Crippen LogP contribution in [0.2, 0.25) is 12.1 Å². The molecule has 0 radical (unpaired) electrons. The lowest BCUT2D eigenvalue weighted by Gasteiger charge is -2.32. The van der Waals surface area contributed by atoms with Crippen molar-refractivity contribution in [3.63, 3.8) is 0 Å². The van der Waals surface area contributed by atoms with Crippen molar-refractivity contribution < 1.29 is 4.74 Å². The van der Waals surface area contributed by atoms with Gasteiger partial charge in [-0.2, -0.15) is 0 Å². The molecule has 4 heteroatoms. The zero-order valence-corrected chi connectivity index (χ0v) is 11.4. The van der Waals surface area contributed by atoms with Crippen LogP contribution in [0.1, 0.15) is 41.0 Å². The van der Waals surface area contributed by atoms with Crippen molar-refractivity contribution in [2.75, 3.05) is 6.61 Å². The maximum atomic E-state index is 6.19. The molecule has 0 bridgehead atoms. The van der Waals surface area contributed by atoms with E-state index >= 15 is 0 Å². The van der Waals surface area contributed by atoms with E-state index in [1.165, 1.54) is 0 Å². The molecule has 15 heavy (non-hydrogen) atoms. The summed E-state index contributed by atoms with van der Waals surface area (Å²) in [6.45, 7) is 13.8. The fraction of sp³-hybridized carbons (Fsp3) is 1.00. The molecule has 0 heterocycles. The van der Waals surface area contributed by atoms with E-state index in [9.17, 15) is 0 Å². The summed E-state index contributed by atoms with van der Waals surface area (Å²) in [5.41, 5.74) is 6.19. The van der Waals surface area contributed by atoms with Crippen molar-refractivity contribution in [2.24, 2.45) is 5.73 Å². The summed E-state index contributed by atoms with van der Waals surface area (Å²) in [6, 6.07) is 0. The SMILES string of the molecule is CBC(C)(N)BC(C)(C)CCOC(C)C. The molecule has 0 aromatic heterocycles. The van der Waals surface area contributed by atoms with Crippen LogP contribution in [0.3, 0.4) is 0 Å². The molecule has 0 fully saturated rings. The molecule has 0 aliphatic carbocycles. The van der Waals surface area contributed by atoms with Gasteiger partial charge < -0.3 is 10.5 Å². The molecule has 2 N–H and O–H groups in total. The number of nitrogens with two attached hydrogens (primary N) is 1. The third-order valence-electron chi connectivity index (χ3n) is 2.92. The van der Waals surface area contributed by atoms with Crippen LogP contribution in [-0.2, 0) is 4.74 Å². The number of rotatable bonds is 7. The summed E-state index contributed by atoms with van der Waals surface area (Å²) in [4.78, 5) is 0. The maximum absolute atomic E-state index is 6.19. The summed E-state index contributed by atoms with van der Waals surface area (Å²) in [5, 5.41) is 0.232. The quantitative estimate of drug-likeness (QED) is 0.648. The van der Waals surface area contributed by atoms with Gasteiger partial charge in [-0.3, -0.25) is 0 Å². The van der Waals surface area contributed by atoms with Gasteiger partial charge in [0.05, 0.1) is 6.10 Å². The molecule has 1 unspecified atom stereocenters. The summed E-state index contributed by atoms with van der Waals surface area (Å²) < 4.78 is 5.59. The Morgan fingerprint density at radius 2 is 1.80 bits per heavy atom. The average Bonchev–Trinajstić information content (AvgIpc) is 2.01. The molecule has 0 aliphatic heterocycles. The van der Waals surface area contributed by atoms with Gasteiger partial charge >= 0.3 is 0 Å². The zero-order chi connectivity index (χ0) is 12.1. The van der Waals surface area contributed by atoms with Crippen molar-refractivity contribution >= 4 is 14.6 Å². The lowest BCUT2D eigenvalue weighted by Crippen LogP contribution is -2.51. The molecule has 0 amide bonds. The van der Waals surface area contributed by atoms with E-state index in [1.54, 1.807) is 0 Å². The summed E-state index contributed by atoms with van der Waals surface area (Å²) in [5.74, 6) is 0. The number of ether oxygens (including phenoxy) is 1. The van der Waals surface area contributed by atoms with Crippen molar-refractivity contribution in [3.05, 3.63) is 0 Å². The highest BCUT2D eigenvalue weighted by atomic mass is 16.5. The van der Waals surface area contributed by atoms with Crippen molar-refractivity contribution in [1.82, 2.24) is 0 Å². The normalized spacial score (nSPS) is 16.3. The fourth-order valence-electron chi connectivity index (χ4n) is 1.88. The van der Waals surface area contributed by atoms with Crippen LogP contribution in [0, 0.1) is 0 Å². The van der Waals surface area contributed by atoms with Crippen molar-refractivity contribution in [3.8, 4) is 0 Å². The predicted octanol–water partition coefficient (Wildman–Crippen LogP) is 1.55. The monoisotopic (exact) mass is 211 g/mol. The predicted molar refractivity (Wildman–Crippen MR) is 72.5 cm³/mol. The van der Waals surface area contributed by atoms with Crippen LogP contribution in [-0.4, -0.2) is 32.6 Å². The molecule has 0 aliphatic rings. The van der Waals surface area contributed by atoms with Gasteiger partial charge in [-0.15, -0.1) is 0 Å². The molecule has 1 atom stereocenters. The lowest BCUT2D eigenvalue weighted by atomic mass is 9.32. The molecular weight excluding hydrogens is 184 g/mol. The highest BCUT2D eigenvalue weighted by molar-refractivity contribution is 6.63. The Bertz CT molecular complexity index is 181. The topological polar surface area (TPSA) is 35.2 Å². The standard InChI is InChI=1S/C11H27B2NO/c1-9(2)15-8-7-10(3,4)13-11(5,14)12-6/h9,12-13H,7-8,14H2,1-6H3. The Morgan fingerprint density at radius 1 is 1.27 bits per heavy atom. The van der Waals surface area contributed by atoms with Crippen LogP contribution >= 0.6 is 0 Å². The maximum Gasteiger partial charge on any atom is 0.141 e. The summed E-state index contributed by atoms with van der Waals surface area (Å²) in [7, 11) is 2.08. The largest absolute Gasteiger partial charge is 0.379 e. The molecule has 0 saturated carbocycles. The van der Waals surface area contributed by atoms with Crippen LogP contribution < -0.4 is 5.73 Å². The van der Waals surface area contributed by atoms with E-state index in [2.05, 4.69) is 41.4 Å². The number of hydrogen-bond acceptors (Lipinski definition) is 2. The first-order chi connectivity index (χ1) is 6.68. The average molecular weight is 211 g/mol. The van der Waals surface area contributed by atoms with E-state index in [0.717, 1.165) is 27.6 Å². The summed E-state index contributed by atoms with van der Waals surface area (Å²) >= 11 is 0. The first kappa shape index (κ1) is 15.0. The van der Waals surface area contributed by atoms with Crippen LogP contribution in [0.5, 0.6) is 0 Å². The van der Waals surface area contributed by atoms with Crippen LogP contribution in [0.4, 0.5) is 0 Å². The first-order valence-electron chi connectivity index (χ1n) is 6.09. The van der Waals surface area contributed by atoms with Gasteiger partial charge in [0.15, 0.2) is 0 Å². The van der Waals surface area contributed by atoms with Gasteiger partial charge in [0.25, 0.3) is 0 Å². The molecule has 0 aromatic carbocycles. The third kappa shape index (κ3) is 7.92. The zero-order valence-electron chi connectivity index (χ0n) is 11.4. The van der Waals surface area contributed by atoms with Gasteiger partial charge in [0.2, 0.25) is 0 Å². The Morgan fingerprint density at radius 3 is 2.20 bits per heavy atom. The van der Waals surface area contributed by atoms with Gasteiger partial charge in [0.1, 0.15) is 14.6 Å². The number of hydrogen-bond donors (Lipinski definition) is 1. The molecule has 0 saturated heterocycles. The van der Waals surface area contributed by atoms with Gasteiger partial charge in [-0.25, -0.2) is 0 Å². The molecule has 0 rings (SSSR count).